The molecule has 26 heavy (non-hydrogen) atoms. The SMILES string of the molecule is C/C(=N/NC(=O)c1ccccc1Cl)c1ccc(NC(=O)C(F)(F)F)cc1. The molecule has 0 spiro atoms. The minimum atomic E-state index is -4.96. The van der Waals surface area contributed by atoms with Gasteiger partial charge in [0.15, 0.2) is 0 Å². The van der Waals surface area contributed by atoms with E-state index in [0.29, 0.717) is 11.3 Å². The third-order valence-corrected chi connectivity index (χ3v) is 3.59. The largest absolute Gasteiger partial charge is 0.471 e. The normalized spacial score (nSPS) is 11.8. The first-order chi connectivity index (χ1) is 12.2. The Kier molecular flexibility index (Phi) is 5.99. The Morgan fingerprint density at radius 3 is 2.23 bits per heavy atom. The number of benzene rings is 2. The van der Waals surface area contributed by atoms with Crippen molar-refractivity contribution in [1.29, 1.82) is 0 Å². The molecule has 0 aliphatic heterocycles. The van der Waals surface area contributed by atoms with Crippen molar-refractivity contribution in [1.82, 2.24) is 5.43 Å². The number of alkyl halides is 3. The molecule has 0 atom stereocenters. The lowest BCUT2D eigenvalue weighted by Gasteiger charge is -2.09. The number of hydrazone groups is 1. The lowest BCUT2D eigenvalue weighted by atomic mass is 10.1. The molecule has 0 fully saturated rings. The van der Waals surface area contributed by atoms with E-state index in [4.69, 9.17) is 11.6 Å². The summed E-state index contributed by atoms with van der Waals surface area (Å²) >= 11 is 5.92. The van der Waals surface area contributed by atoms with Crippen LogP contribution in [0.25, 0.3) is 0 Å². The van der Waals surface area contributed by atoms with Crippen molar-refractivity contribution in [3.63, 3.8) is 0 Å². The molecule has 9 heteroatoms. The Bertz CT molecular complexity index is 849. The van der Waals surface area contributed by atoms with Crippen LogP contribution in [0.1, 0.15) is 22.8 Å². The van der Waals surface area contributed by atoms with Crippen LogP contribution in [0.5, 0.6) is 0 Å². The smallest absolute Gasteiger partial charge is 0.318 e. The molecule has 0 aromatic heterocycles. The Balaban J connectivity index is 2.04. The Morgan fingerprint density at radius 2 is 1.65 bits per heavy atom. The molecule has 0 aliphatic rings. The molecular formula is C17H13ClF3N3O2. The van der Waals surface area contributed by atoms with E-state index in [9.17, 15) is 22.8 Å². The molecule has 2 amide bonds. The van der Waals surface area contributed by atoms with Gasteiger partial charge in [-0.3, -0.25) is 9.59 Å². The zero-order chi connectivity index (χ0) is 19.3. The third kappa shape index (κ3) is 5.06. The molecule has 2 aromatic carbocycles. The van der Waals surface area contributed by atoms with Gasteiger partial charge in [-0.25, -0.2) is 5.43 Å². The summed E-state index contributed by atoms with van der Waals surface area (Å²) in [7, 11) is 0. The second-order valence-electron chi connectivity index (χ2n) is 5.15. The topological polar surface area (TPSA) is 70.6 Å². The van der Waals surface area contributed by atoms with Crippen LogP contribution < -0.4 is 10.7 Å². The first kappa shape index (κ1) is 19.5. The van der Waals surface area contributed by atoms with Crippen molar-refractivity contribution in [2.45, 2.75) is 13.1 Å². The maximum absolute atomic E-state index is 12.2. The van der Waals surface area contributed by atoms with Gasteiger partial charge in [-0.2, -0.15) is 18.3 Å². The summed E-state index contributed by atoms with van der Waals surface area (Å²) in [5.74, 6) is -2.55. The van der Waals surface area contributed by atoms with E-state index in [-0.39, 0.29) is 16.3 Å². The molecule has 0 heterocycles. The number of hydrogen-bond donors (Lipinski definition) is 2. The fourth-order valence-electron chi connectivity index (χ4n) is 1.90. The van der Waals surface area contributed by atoms with E-state index in [1.165, 1.54) is 24.3 Å². The van der Waals surface area contributed by atoms with E-state index < -0.39 is 18.0 Å². The van der Waals surface area contributed by atoms with E-state index in [0.717, 1.165) is 0 Å². The van der Waals surface area contributed by atoms with Crippen LogP contribution in [-0.4, -0.2) is 23.7 Å². The molecular weight excluding hydrogens is 371 g/mol. The number of carbonyl (C=O) groups excluding carboxylic acids is 2. The highest BCUT2D eigenvalue weighted by Gasteiger charge is 2.38. The van der Waals surface area contributed by atoms with Gasteiger partial charge in [0.05, 0.1) is 16.3 Å². The van der Waals surface area contributed by atoms with Crippen LogP contribution in [-0.2, 0) is 4.79 Å². The summed E-state index contributed by atoms with van der Waals surface area (Å²) in [4.78, 5) is 22.9. The lowest BCUT2D eigenvalue weighted by molar-refractivity contribution is -0.167. The van der Waals surface area contributed by atoms with Gasteiger partial charge in [0.2, 0.25) is 0 Å². The molecule has 136 valence electrons. The van der Waals surface area contributed by atoms with Crippen molar-refractivity contribution in [3.8, 4) is 0 Å². The summed E-state index contributed by atoms with van der Waals surface area (Å²) in [5.41, 5.74) is 3.57. The quantitative estimate of drug-likeness (QED) is 0.619. The van der Waals surface area contributed by atoms with Gasteiger partial charge >= 0.3 is 12.1 Å². The average molecular weight is 384 g/mol. The van der Waals surface area contributed by atoms with Crippen molar-refractivity contribution >= 4 is 34.8 Å². The average Bonchev–Trinajstić information content (AvgIpc) is 2.59. The van der Waals surface area contributed by atoms with Crippen LogP contribution >= 0.6 is 11.6 Å². The van der Waals surface area contributed by atoms with E-state index in [1.54, 1.807) is 36.5 Å². The summed E-state index contributed by atoms with van der Waals surface area (Å²) in [6.07, 6.45) is -4.96. The monoisotopic (exact) mass is 383 g/mol. The Hall–Kier alpha value is -2.87. The number of amides is 2. The highest BCUT2D eigenvalue weighted by atomic mass is 35.5. The van der Waals surface area contributed by atoms with Crippen LogP contribution in [0.2, 0.25) is 5.02 Å². The maximum atomic E-state index is 12.2. The molecule has 0 unspecified atom stereocenters. The van der Waals surface area contributed by atoms with Gasteiger partial charge in [-0.15, -0.1) is 0 Å². The Labute approximate surface area is 151 Å². The lowest BCUT2D eigenvalue weighted by Crippen LogP contribution is -2.29. The highest BCUT2D eigenvalue weighted by Crippen LogP contribution is 2.19. The number of nitrogens with zero attached hydrogens (tertiary/aromatic N) is 1. The number of carbonyl (C=O) groups is 2. The van der Waals surface area contributed by atoms with Gasteiger partial charge < -0.3 is 5.32 Å². The van der Waals surface area contributed by atoms with Crippen molar-refractivity contribution in [2.24, 2.45) is 5.10 Å². The molecule has 2 rings (SSSR count). The van der Waals surface area contributed by atoms with Gasteiger partial charge in [0.25, 0.3) is 5.91 Å². The van der Waals surface area contributed by atoms with Crippen molar-refractivity contribution in [3.05, 3.63) is 64.7 Å². The van der Waals surface area contributed by atoms with E-state index >= 15 is 0 Å². The van der Waals surface area contributed by atoms with Crippen LogP contribution in [0.3, 0.4) is 0 Å². The predicted molar refractivity (Wildman–Crippen MR) is 92.3 cm³/mol. The number of halogens is 4. The minimum Gasteiger partial charge on any atom is -0.318 e. The van der Waals surface area contributed by atoms with Crippen molar-refractivity contribution < 1.29 is 22.8 Å². The second kappa shape index (κ2) is 8.01. The van der Waals surface area contributed by atoms with Gasteiger partial charge in [0, 0.05) is 5.69 Å². The summed E-state index contributed by atoms with van der Waals surface area (Å²) in [5, 5.41) is 5.95. The summed E-state index contributed by atoms with van der Waals surface area (Å²) in [6.45, 7) is 1.61. The number of hydrogen-bond acceptors (Lipinski definition) is 3. The number of nitrogens with one attached hydrogen (secondary N) is 2. The van der Waals surface area contributed by atoms with Gasteiger partial charge in [-0.05, 0) is 36.8 Å². The molecule has 0 saturated carbocycles. The minimum absolute atomic E-state index is 0.0102. The predicted octanol–water partition coefficient (Wildman–Crippen LogP) is 3.99. The van der Waals surface area contributed by atoms with Crippen molar-refractivity contribution in [2.75, 3.05) is 5.32 Å². The third-order valence-electron chi connectivity index (χ3n) is 3.26. The van der Waals surface area contributed by atoms with Gasteiger partial charge in [0.1, 0.15) is 0 Å². The fourth-order valence-corrected chi connectivity index (χ4v) is 2.12. The van der Waals surface area contributed by atoms with E-state index in [1.807, 2.05) is 0 Å². The number of rotatable bonds is 4. The first-order valence-corrected chi connectivity index (χ1v) is 7.64. The Morgan fingerprint density at radius 1 is 1.04 bits per heavy atom. The molecule has 5 nitrogen and oxygen atoms in total. The zero-order valence-electron chi connectivity index (χ0n) is 13.4. The highest BCUT2D eigenvalue weighted by molar-refractivity contribution is 6.33. The standard InChI is InChI=1S/C17H13ClF3N3O2/c1-10(23-24-15(25)13-4-2-3-5-14(13)18)11-6-8-12(9-7-11)22-16(26)17(19,20)21/h2-9H,1H3,(H,22,26)(H,24,25)/b23-10-. The van der Waals surface area contributed by atoms with Crippen LogP contribution in [0.15, 0.2) is 53.6 Å². The van der Waals surface area contributed by atoms with Crippen LogP contribution in [0, 0.1) is 0 Å². The maximum Gasteiger partial charge on any atom is 0.471 e. The molecule has 0 radical (unpaired) electrons. The van der Waals surface area contributed by atoms with Crippen LogP contribution in [0.4, 0.5) is 18.9 Å². The second-order valence-corrected chi connectivity index (χ2v) is 5.55. The fraction of sp³-hybridized carbons (Fsp3) is 0.118. The molecule has 0 saturated heterocycles. The molecule has 2 N–H and O–H groups in total. The first-order valence-electron chi connectivity index (χ1n) is 7.26. The molecule has 0 bridgehead atoms. The van der Waals surface area contributed by atoms with E-state index in [2.05, 4.69) is 10.5 Å². The summed E-state index contributed by atoms with van der Waals surface area (Å²) in [6, 6.07) is 12.0. The summed E-state index contributed by atoms with van der Waals surface area (Å²) < 4.78 is 36.6. The molecule has 2 aromatic rings. The number of anilines is 1. The van der Waals surface area contributed by atoms with Gasteiger partial charge in [-0.1, -0.05) is 35.9 Å². The zero-order valence-corrected chi connectivity index (χ0v) is 14.2. The molecule has 0 aliphatic carbocycles.